The number of hydrogen-bond donors (Lipinski definition) is 2. The highest BCUT2D eigenvalue weighted by Crippen LogP contribution is 2.17. The van der Waals surface area contributed by atoms with E-state index in [4.69, 9.17) is 5.10 Å². The maximum Gasteiger partial charge on any atom is 0.191 e. The first-order valence-corrected chi connectivity index (χ1v) is 8.41. The first kappa shape index (κ1) is 19.5. The van der Waals surface area contributed by atoms with E-state index in [-0.39, 0.29) is 24.0 Å². The number of nitrogens with zero attached hydrogens (tertiary/aromatic N) is 3. The molecular formula is C19H26IN5. The van der Waals surface area contributed by atoms with Crippen LogP contribution in [0.3, 0.4) is 0 Å². The van der Waals surface area contributed by atoms with E-state index in [1.807, 2.05) is 29.9 Å². The summed E-state index contributed by atoms with van der Waals surface area (Å²) in [6.07, 6.45) is 6.54. The smallest absolute Gasteiger partial charge is 0.191 e. The van der Waals surface area contributed by atoms with Crippen LogP contribution in [0.4, 0.5) is 0 Å². The molecule has 0 radical (unpaired) electrons. The molecule has 0 fully saturated rings. The van der Waals surface area contributed by atoms with E-state index in [9.17, 15) is 0 Å². The molecule has 5 nitrogen and oxygen atoms in total. The Labute approximate surface area is 166 Å². The number of benzene rings is 1. The second-order valence-electron chi connectivity index (χ2n) is 6.11. The molecule has 1 aliphatic carbocycles. The minimum Gasteiger partial charge on any atom is -0.353 e. The minimum absolute atomic E-state index is 0. The van der Waals surface area contributed by atoms with Gasteiger partial charge < -0.3 is 10.6 Å². The summed E-state index contributed by atoms with van der Waals surface area (Å²) >= 11 is 0. The molecule has 0 unspecified atom stereocenters. The number of rotatable bonds is 4. The molecule has 1 aromatic heterocycles. The van der Waals surface area contributed by atoms with Crippen LogP contribution in [0.1, 0.15) is 29.8 Å². The van der Waals surface area contributed by atoms with Crippen molar-refractivity contribution in [1.82, 2.24) is 20.4 Å². The third-order valence-corrected chi connectivity index (χ3v) is 4.45. The van der Waals surface area contributed by atoms with Crippen LogP contribution in [-0.2, 0) is 6.54 Å². The Morgan fingerprint density at radius 1 is 1.20 bits per heavy atom. The number of aryl methyl sites for hydroxylation is 1. The van der Waals surface area contributed by atoms with Crippen molar-refractivity contribution in [3.05, 3.63) is 59.4 Å². The zero-order valence-electron chi connectivity index (χ0n) is 15.0. The Bertz CT molecular complexity index is 741. The lowest BCUT2D eigenvalue weighted by atomic mass is 10.2. The molecule has 2 aromatic rings. The summed E-state index contributed by atoms with van der Waals surface area (Å²) in [5.74, 6) is 0.843. The average Bonchev–Trinajstić information content (AvgIpc) is 3.21. The molecule has 134 valence electrons. The summed E-state index contributed by atoms with van der Waals surface area (Å²) in [5.41, 5.74) is 4.50. The Kier molecular flexibility index (Phi) is 7.04. The fraction of sp³-hybridized carbons (Fsp3) is 0.368. The predicted octanol–water partition coefficient (Wildman–Crippen LogP) is 3.49. The molecule has 3 rings (SSSR count). The standard InChI is InChI=1S/C19H25N5.HI/c1-14-18(13-21-19(20-3)22-16-9-7-8-10-16)15(2)24(23-14)17-11-5-4-6-12-17;/h4-8,11-12,16H,9-10,13H2,1-3H3,(H2,20,21,22);1H. The van der Waals surface area contributed by atoms with Crippen LogP contribution in [-0.4, -0.2) is 28.8 Å². The summed E-state index contributed by atoms with van der Waals surface area (Å²) < 4.78 is 2.00. The molecule has 0 spiro atoms. The zero-order valence-corrected chi connectivity index (χ0v) is 17.3. The van der Waals surface area contributed by atoms with Gasteiger partial charge >= 0.3 is 0 Å². The zero-order chi connectivity index (χ0) is 16.9. The van der Waals surface area contributed by atoms with Gasteiger partial charge in [-0.05, 0) is 38.8 Å². The van der Waals surface area contributed by atoms with Crippen molar-refractivity contribution in [2.75, 3.05) is 7.05 Å². The van der Waals surface area contributed by atoms with Crippen molar-refractivity contribution >= 4 is 29.9 Å². The van der Waals surface area contributed by atoms with Crippen molar-refractivity contribution in [2.45, 2.75) is 39.3 Å². The van der Waals surface area contributed by atoms with Gasteiger partial charge in [-0.1, -0.05) is 30.4 Å². The molecule has 1 heterocycles. The Morgan fingerprint density at radius 2 is 1.88 bits per heavy atom. The molecule has 1 aromatic carbocycles. The van der Waals surface area contributed by atoms with Crippen molar-refractivity contribution < 1.29 is 0 Å². The SMILES string of the molecule is CN=C(NCc1c(C)nn(-c2ccccc2)c1C)NC1CC=CC1.I. The lowest BCUT2D eigenvalue weighted by Gasteiger charge is -2.17. The number of para-hydroxylation sites is 1. The average molecular weight is 451 g/mol. The number of aromatic nitrogens is 2. The molecular weight excluding hydrogens is 425 g/mol. The molecule has 25 heavy (non-hydrogen) atoms. The first-order chi connectivity index (χ1) is 11.7. The van der Waals surface area contributed by atoms with Gasteiger partial charge in [0.05, 0.1) is 11.4 Å². The van der Waals surface area contributed by atoms with Crippen LogP contribution in [0.2, 0.25) is 0 Å². The first-order valence-electron chi connectivity index (χ1n) is 8.41. The van der Waals surface area contributed by atoms with Gasteiger partial charge in [-0.15, -0.1) is 24.0 Å². The lowest BCUT2D eigenvalue weighted by molar-refractivity contribution is 0.632. The van der Waals surface area contributed by atoms with Crippen LogP contribution in [0.25, 0.3) is 5.69 Å². The van der Waals surface area contributed by atoms with E-state index in [0.717, 1.165) is 35.9 Å². The predicted molar refractivity (Wildman–Crippen MR) is 114 cm³/mol. The molecule has 0 aliphatic heterocycles. The van der Waals surface area contributed by atoms with E-state index in [1.54, 1.807) is 0 Å². The topological polar surface area (TPSA) is 54.2 Å². The molecule has 0 atom stereocenters. The highest BCUT2D eigenvalue weighted by atomic mass is 127. The second-order valence-corrected chi connectivity index (χ2v) is 6.11. The summed E-state index contributed by atoms with van der Waals surface area (Å²) in [7, 11) is 1.81. The van der Waals surface area contributed by atoms with Gasteiger partial charge in [0.2, 0.25) is 0 Å². The van der Waals surface area contributed by atoms with Gasteiger partial charge in [-0.2, -0.15) is 5.10 Å². The number of guanidine groups is 1. The van der Waals surface area contributed by atoms with E-state index < -0.39 is 0 Å². The minimum atomic E-state index is 0. The molecule has 0 saturated heterocycles. The summed E-state index contributed by atoms with van der Waals surface area (Å²) in [6, 6.07) is 10.7. The Morgan fingerprint density at radius 3 is 2.52 bits per heavy atom. The number of nitrogens with one attached hydrogen (secondary N) is 2. The van der Waals surface area contributed by atoms with E-state index in [0.29, 0.717) is 12.6 Å². The van der Waals surface area contributed by atoms with Gasteiger partial charge in [-0.25, -0.2) is 4.68 Å². The molecule has 0 amide bonds. The van der Waals surface area contributed by atoms with E-state index >= 15 is 0 Å². The van der Waals surface area contributed by atoms with Crippen LogP contribution in [0.5, 0.6) is 0 Å². The maximum absolute atomic E-state index is 4.69. The third-order valence-electron chi connectivity index (χ3n) is 4.45. The highest BCUT2D eigenvalue weighted by molar-refractivity contribution is 14.0. The number of hydrogen-bond acceptors (Lipinski definition) is 2. The van der Waals surface area contributed by atoms with Crippen molar-refractivity contribution in [3.63, 3.8) is 0 Å². The highest BCUT2D eigenvalue weighted by Gasteiger charge is 2.15. The Hall–Kier alpha value is -1.83. The van der Waals surface area contributed by atoms with Gasteiger partial charge in [-0.3, -0.25) is 4.99 Å². The van der Waals surface area contributed by atoms with Gasteiger partial charge in [0, 0.05) is 30.9 Å². The maximum atomic E-state index is 4.69. The van der Waals surface area contributed by atoms with Crippen molar-refractivity contribution in [3.8, 4) is 5.69 Å². The van der Waals surface area contributed by atoms with Crippen molar-refractivity contribution in [1.29, 1.82) is 0 Å². The summed E-state index contributed by atoms with van der Waals surface area (Å²) in [4.78, 5) is 4.33. The van der Waals surface area contributed by atoms with Gasteiger partial charge in [0.1, 0.15) is 0 Å². The van der Waals surface area contributed by atoms with Gasteiger partial charge in [0.15, 0.2) is 5.96 Å². The molecule has 1 aliphatic rings. The monoisotopic (exact) mass is 451 g/mol. The van der Waals surface area contributed by atoms with Crippen LogP contribution >= 0.6 is 24.0 Å². The lowest BCUT2D eigenvalue weighted by Crippen LogP contribution is -2.42. The second kappa shape index (κ2) is 9.03. The summed E-state index contributed by atoms with van der Waals surface area (Å²) in [5, 5.41) is 11.6. The van der Waals surface area contributed by atoms with E-state index in [2.05, 4.69) is 53.8 Å². The fourth-order valence-corrected chi connectivity index (χ4v) is 3.05. The largest absolute Gasteiger partial charge is 0.353 e. The quantitative estimate of drug-likeness (QED) is 0.324. The molecule has 2 N–H and O–H groups in total. The third kappa shape index (κ3) is 4.62. The van der Waals surface area contributed by atoms with Crippen LogP contribution in [0.15, 0.2) is 47.5 Å². The van der Waals surface area contributed by atoms with Crippen molar-refractivity contribution in [2.24, 2.45) is 4.99 Å². The molecule has 0 bridgehead atoms. The fourth-order valence-electron chi connectivity index (χ4n) is 3.05. The molecule has 0 saturated carbocycles. The van der Waals surface area contributed by atoms with Gasteiger partial charge in [0.25, 0.3) is 0 Å². The van der Waals surface area contributed by atoms with Crippen LogP contribution in [0, 0.1) is 13.8 Å². The van der Waals surface area contributed by atoms with Crippen LogP contribution < -0.4 is 10.6 Å². The number of aliphatic imine (C=N–C) groups is 1. The normalized spacial score (nSPS) is 14.4. The van der Waals surface area contributed by atoms with E-state index in [1.165, 1.54) is 5.56 Å². The summed E-state index contributed by atoms with van der Waals surface area (Å²) in [6.45, 7) is 4.88. The molecule has 6 heteroatoms. The number of halogens is 1. The Balaban J connectivity index is 0.00000225.